The minimum Gasteiger partial charge on any atom is -0.457 e. The van der Waals surface area contributed by atoms with Crippen molar-refractivity contribution in [3.8, 4) is 11.5 Å². The summed E-state index contributed by atoms with van der Waals surface area (Å²) in [7, 11) is 0. The Morgan fingerprint density at radius 2 is 1.73 bits per heavy atom. The SMILES string of the molecule is CCNC(=NCc1ccc(Oc2ccc(F)cc2)cc1)NCCn1cnnc1CC. The molecule has 0 amide bonds. The van der Waals surface area contributed by atoms with Crippen LogP contribution >= 0.6 is 0 Å². The summed E-state index contributed by atoms with van der Waals surface area (Å²) in [5.41, 5.74) is 1.06. The summed E-state index contributed by atoms with van der Waals surface area (Å²) in [6.07, 6.45) is 2.61. The van der Waals surface area contributed by atoms with Crippen LogP contribution in [0, 0.1) is 5.82 Å². The first-order chi connectivity index (χ1) is 14.7. The summed E-state index contributed by atoms with van der Waals surface area (Å²) in [5.74, 6) is 2.74. The highest BCUT2D eigenvalue weighted by Gasteiger charge is 2.03. The zero-order chi connectivity index (χ0) is 21.2. The fraction of sp³-hybridized carbons (Fsp3) is 0.318. The number of nitrogens with zero attached hydrogens (tertiary/aromatic N) is 4. The van der Waals surface area contributed by atoms with E-state index in [1.807, 2.05) is 35.8 Å². The first-order valence-corrected chi connectivity index (χ1v) is 10.1. The third kappa shape index (κ3) is 6.30. The molecule has 0 radical (unpaired) electrons. The molecule has 1 heterocycles. The number of rotatable bonds is 9. The minimum atomic E-state index is -0.284. The zero-order valence-electron chi connectivity index (χ0n) is 17.3. The molecule has 2 N–H and O–H groups in total. The lowest BCUT2D eigenvalue weighted by atomic mass is 10.2. The Morgan fingerprint density at radius 1 is 1.03 bits per heavy atom. The van der Waals surface area contributed by atoms with Crippen LogP contribution in [0.5, 0.6) is 11.5 Å². The van der Waals surface area contributed by atoms with E-state index in [-0.39, 0.29) is 5.82 Å². The van der Waals surface area contributed by atoms with Crippen molar-refractivity contribution in [2.24, 2.45) is 4.99 Å². The normalized spacial score (nSPS) is 11.4. The number of ether oxygens (including phenoxy) is 1. The van der Waals surface area contributed by atoms with Gasteiger partial charge in [-0.05, 0) is 48.9 Å². The molecular weight excluding hydrogens is 383 g/mol. The largest absolute Gasteiger partial charge is 0.457 e. The van der Waals surface area contributed by atoms with Crippen LogP contribution in [0.1, 0.15) is 25.2 Å². The number of halogens is 1. The van der Waals surface area contributed by atoms with E-state index >= 15 is 0 Å². The zero-order valence-corrected chi connectivity index (χ0v) is 17.3. The molecule has 0 saturated heterocycles. The summed E-state index contributed by atoms with van der Waals surface area (Å²) in [6.45, 7) is 6.92. The molecule has 7 nitrogen and oxygen atoms in total. The lowest BCUT2D eigenvalue weighted by Crippen LogP contribution is -2.38. The number of aliphatic imine (C=N–C) groups is 1. The number of nitrogens with one attached hydrogen (secondary N) is 2. The van der Waals surface area contributed by atoms with Crippen LogP contribution in [0.2, 0.25) is 0 Å². The Morgan fingerprint density at radius 3 is 2.40 bits per heavy atom. The molecule has 3 rings (SSSR count). The molecule has 158 valence electrons. The lowest BCUT2D eigenvalue weighted by molar-refractivity contribution is 0.480. The molecular formula is C22H27FN6O. The molecule has 0 atom stereocenters. The highest BCUT2D eigenvalue weighted by molar-refractivity contribution is 5.79. The highest BCUT2D eigenvalue weighted by Crippen LogP contribution is 2.22. The van der Waals surface area contributed by atoms with E-state index in [0.717, 1.165) is 43.4 Å². The summed E-state index contributed by atoms with van der Waals surface area (Å²) >= 11 is 0. The van der Waals surface area contributed by atoms with E-state index < -0.39 is 0 Å². The van der Waals surface area contributed by atoms with Gasteiger partial charge in [0.1, 0.15) is 29.5 Å². The van der Waals surface area contributed by atoms with Crippen molar-refractivity contribution in [1.29, 1.82) is 0 Å². The predicted molar refractivity (Wildman–Crippen MR) is 115 cm³/mol. The Hall–Kier alpha value is -3.42. The van der Waals surface area contributed by atoms with Gasteiger partial charge in [0, 0.05) is 26.1 Å². The van der Waals surface area contributed by atoms with Crippen molar-refractivity contribution >= 4 is 5.96 Å². The quantitative estimate of drug-likeness (QED) is 0.417. The smallest absolute Gasteiger partial charge is 0.191 e. The topological polar surface area (TPSA) is 76.4 Å². The second-order valence-electron chi connectivity index (χ2n) is 6.62. The number of benzene rings is 2. The molecule has 0 aliphatic rings. The lowest BCUT2D eigenvalue weighted by Gasteiger charge is -2.12. The molecule has 0 spiro atoms. The molecule has 2 aromatic carbocycles. The molecule has 0 aliphatic heterocycles. The van der Waals surface area contributed by atoms with Gasteiger partial charge in [0.2, 0.25) is 0 Å². The highest BCUT2D eigenvalue weighted by atomic mass is 19.1. The molecule has 1 aromatic heterocycles. The van der Waals surface area contributed by atoms with Gasteiger partial charge in [-0.25, -0.2) is 9.38 Å². The second-order valence-corrected chi connectivity index (χ2v) is 6.62. The first kappa shape index (κ1) is 21.3. The molecule has 0 unspecified atom stereocenters. The van der Waals surface area contributed by atoms with Gasteiger partial charge in [0.15, 0.2) is 5.96 Å². The number of hydrogen-bond acceptors (Lipinski definition) is 4. The van der Waals surface area contributed by atoms with E-state index in [1.165, 1.54) is 12.1 Å². The van der Waals surface area contributed by atoms with E-state index in [9.17, 15) is 4.39 Å². The van der Waals surface area contributed by atoms with Crippen LogP contribution in [0.15, 0.2) is 59.9 Å². The average Bonchev–Trinajstić information content (AvgIpc) is 3.22. The summed E-state index contributed by atoms with van der Waals surface area (Å²) in [6, 6.07) is 13.7. The first-order valence-electron chi connectivity index (χ1n) is 10.1. The predicted octanol–water partition coefficient (Wildman–Crippen LogP) is 3.53. The minimum absolute atomic E-state index is 0.284. The molecule has 0 fully saturated rings. The van der Waals surface area contributed by atoms with Gasteiger partial charge in [0.25, 0.3) is 0 Å². The Balaban J connectivity index is 1.52. The molecule has 8 heteroatoms. The van der Waals surface area contributed by atoms with Gasteiger partial charge in [-0.3, -0.25) is 0 Å². The maximum Gasteiger partial charge on any atom is 0.191 e. The third-order valence-electron chi connectivity index (χ3n) is 4.39. The Bertz CT molecular complexity index is 937. The standard InChI is InChI=1S/C22H27FN6O/c1-3-21-28-27-16-29(21)14-13-25-22(24-4-2)26-15-17-5-9-19(10-6-17)30-20-11-7-18(23)8-12-20/h5-12,16H,3-4,13-15H2,1-2H3,(H2,24,25,26). The van der Waals surface area contributed by atoms with Crippen LogP contribution < -0.4 is 15.4 Å². The summed E-state index contributed by atoms with van der Waals surface area (Å²) < 4.78 is 20.7. The summed E-state index contributed by atoms with van der Waals surface area (Å²) in [4.78, 5) is 4.64. The van der Waals surface area contributed by atoms with Crippen LogP contribution in [0.3, 0.4) is 0 Å². The number of aromatic nitrogens is 3. The maximum atomic E-state index is 13.0. The van der Waals surface area contributed by atoms with Gasteiger partial charge in [-0.1, -0.05) is 19.1 Å². The molecule has 0 aliphatic carbocycles. The van der Waals surface area contributed by atoms with Crippen LogP contribution in [0.25, 0.3) is 0 Å². The summed E-state index contributed by atoms with van der Waals surface area (Å²) in [5, 5.41) is 14.6. The van der Waals surface area contributed by atoms with Crippen LogP contribution in [0.4, 0.5) is 4.39 Å². The fourth-order valence-corrected chi connectivity index (χ4v) is 2.85. The number of aryl methyl sites for hydroxylation is 1. The molecule has 30 heavy (non-hydrogen) atoms. The fourth-order valence-electron chi connectivity index (χ4n) is 2.85. The van der Waals surface area contributed by atoms with Crippen molar-refractivity contribution < 1.29 is 9.13 Å². The molecule has 3 aromatic rings. The second kappa shape index (κ2) is 10.9. The van der Waals surface area contributed by atoms with Crippen molar-refractivity contribution in [1.82, 2.24) is 25.4 Å². The third-order valence-corrected chi connectivity index (χ3v) is 4.39. The molecule has 0 bridgehead atoms. The maximum absolute atomic E-state index is 13.0. The van der Waals surface area contributed by atoms with Gasteiger partial charge in [-0.15, -0.1) is 10.2 Å². The van der Waals surface area contributed by atoms with Crippen LogP contribution in [-0.4, -0.2) is 33.8 Å². The van der Waals surface area contributed by atoms with E-state index in [2.05, 4.69) is 32.7 Å². The average molecular weight is 410 g/mol. The van der Waals surface area contributed by atoms with Crippen molar-refractivity contribution in [3.05, 3.63) is 72.1 Å². The number of hydrogen-bond donors (Lipinski definition) is 2. The van der Waals surface area contributed by atoms with Gasteiger partial charge in [0.05, 0.1) is 6.54 Å². The van der Waals surface area contributed by atoms with E-state index in [1.54, 1.807) is 18.5 Å². The van der Waals surface area contributed by atoms with Crippen molar-refractivity contribution in [2.45, 2.75) is 33.4 Å². The van der Waals surface area contributed by atoms with Gasteiger partial charge >= 0.3 is 0 Å². The van der Waals surface area contributed by atoms with Gasteiger partial charge < -0.3 is 19.9 Å². The monoisotopic (exact) mass is 410 g/mol. The van der Waals surface area contributed by atoms with E-state index in [4.69, 9.17) is 4.74 Å². The van der Waals surface area contributed by atoms with E-state index in [0.29, 0.717) is 18.0 Å². The Labute approximate surface area is 176 Å². The Kier molecular flexibility index (Phi) is 7.77. The number of guanidine groups is 1. The van der Waals surface area contributed by atoms with Gasteiger partial charge in [-0.2, -0.15) is 0 Å². The molecule has 0 saturated carbocycles. The van der Waals surface area contributed by atoms with Crippen LogP contribution in [-0.2, 0) is 19.5 Å². The van der Waals surface area contributed by atoms with Crippen molar-refractivity contribution in [2.75, 3.05) is 13.1 Å². The van der Waals surface area contributed by atoms with Crippen molar-refractivity contribution in [3.63, 3.8) is 0 Å².